The fourth-order valence-electron chi connectivity index (χ4n) is 0. The molecule has 0 heterocycles. The number of rotatable bonds is 0. The molecule has 48 valence electrons. The van der Waals surface area contributed by atoms with Crippen LogP contribution in [0.25, 0.3) is 0 Å². The van der Waals surface area contributed by atoms with Gasteiger partial charge in [0.2, 0.25) is 0 Å². The van der Waals surface area contributed by atoms with Crippen LogP contribution in [0.4, 0.5) is 0 Å². The molecule has 6 heteroatoms. The molecule has 0 bridgehead atoms. The second kappa shape index (κ2) is 4.91. The molecule has 0 saturated carbocycles. The van der Waals surface area contributed by atoms with Crippen LogP contribution in [-0.4, -0.2) is 14.2 Å². The van der Waals surface area contributed by atoms with Crippen molar-refractivity contribution in [3.8, 4) is 0 Å². The van der Waals surface area contributed by atoms with E-state index >= 15 is 0 Å². The van der Waals surface area contributed by atoms with E-state index in [1.54, 1.807) is 0 Å². The largest absolute Gasteiger partial charge is 0.369 e. The molecule has 4 N–H and O–H groups in total. The zero-order valence-electron chi connectivity index (χ0n) is 4.03. The molecule has 0 aromatic carbocycles. The normalized spacial score (nSPS) is 8.43. The van der Waals surface area contributed by atoms with Gasteiger partial charge in [-0.1, -0.05) is 0 Å². The van der Waals surface area contributed by atoms with Gasteiger partial charge < -0.3 is 6.15 Å². The van der Waals surface area contributed by atoms with Crippen molar-refractivity contribution in [3.63, 3.8) is 0 Å². The third-order valence-electron chi connectivity index (χ3n) is 0. The van der Waals surface area contributed by atoms with E-state index in [1.807, 2.05) is 0 Å². The molecule has 0 fully saturated rings. The van der Waals surface area contributed by atoms with E-state index in [0.29, 0.717) is 5.71 Å². The molecule has 0 unspecified atom stereocenters. The minimum Gasteiger partial charge on any atom is -0.369 e. The monoisotopic (exact) mass is 212 g/mol. The van der Waals surface area contributed by atoms with E-state index < -0.39 is 14.2 Å². The van der Waals surface area contributed by atoms with Gasteiger partial charge in [-0.25, -0.2) is 0 Å². The maximum Gasteiger partial charge on any atom is 0 e. The summed E-state index contributed by atoms with van der Waals surface area (Å²) in [6.07, 6.45) is 0. The summed E-state index contributed by atoms with van der Waals surface area (Å²) in [6.45, 7) is 0. The Kier molecular flexibility index (Phi) is 11.0. The van der Waals surface area contributed by atoms with Crippen LogP contribution in [0.1, 0.15) is 0 Å². The predicted octanol–water partition coefficient (Wildman–Crippen LogP) is -1.92. The van der Waals surface area contributed by atoms with E-state index in [2.05, 4.69) is 0 Å². The zero-order chi connectivity index (χ0) is 4.50. The van der Waals surface area contributed by atoms with Gasteiger partial charge in [0.1, 0.15) is 0 Å². The summed E-state index contributed by atoms with van der Waals surface area (Å²) in [4.78, 5) is 0. The standard InChI is InChI=1S/CH5AsO3.Fe.H3N/c1-2(3,4)5;;/h1H3,(H2,3,4,5);;1H3/p-1. The van der Waals surface area contributed by atoms with Gasteiger partial charge in [0.15, 0.2) is 0 Å². The van der Waals surface area contributed by atoms with Crippen LogP contribution in [-0.2, 0) is 20.8 Å². The quantitative estimate of drug-likeness (QED) is 0.473. The van der Waals surface area contributed by atoms with Gasteiger partial charge in [-0.3, -0.25) is 0 Å². The van der Waals surface area contributed by atoms with Crippen LogP contribution in [0, 0.1) is 0 Å². The molecule has 0 aliphatic carbocycles. The van der Waals surface area contributed by atoms with Crippen molar-refractivity contribution in [1.82, 2.24) is 6.15 Å². The molecule has 0 aliphatic heterocycles. The summed E-state index contributed by atoms with van der Waals surface area (Å²) in [5.41, 5.74) is 0.693. The molecule has 7 heavy (non-hydrogen) atoms. The Morgan fingerprint density at radius 1 is 1.43 bits per heavy atom. The van der Waals surface area contributed by atoms with E-state index in [9.17, 15) is 0 Å². The molecule has 0 aromatic rings. The average Bonchev–Trinajstić information content (AvgIpc) is 0.722. The first-order valence-corrected chi connectivity index (χ1v) is 5.17. The summed E-state index contributed by atoms with van der Waals surface area (Å²) in [5.74, 6) is 0. The van der Waals surface area contributed by atoms with E-state index in [-0.39, 0.29) is 23.2 Å². The minimum atomic E-state index is -4.62. The maximum absolute atomic E-state index is 9.16. The maximum atomic E-state index is 9.16. The summed E-state index contributed by atoms with van der Waals surface area (Å²) in [7, 11) is 0. The SMILES string of the molecule is C[As](=O)([O-])[O-].[Fe].[NH4+]. The molecule has 0 radical (unpaired) electrons. The molecule has 0 amide bonds. The molecule has 0 aliphatic rings. The van der Waals surface area contributed by atoms with Crippen LogP contribution in [0.2, 0.25) is 5.71 Å². The van der Waals surface area contributed by atoms with Gasteiger partial charge in [0.25, 0.3) is 0 Å². The Bertz CT molecular complexity index is 61.1. The van der Waals surface area contributed by atoms with Crippen molar-refractivity contribution >= 4 is 14.2 Å². The molecule has 0 rings (SSSR count). The Labute approximate surface area is 55.4 Å². The van der Waals surface area contributed by atoms with Crippen molar-refractivity contribution in [2.45, 2.75) is 5.71 Å². The summed E-state index contributed by atoms with van der Waals surface area (Å²) < 4.78 is 27.5. The number of hydrogen-bond acceptors (Lipinski definition) is 3. The van der Waals surface area contributed by atoms with Crippen LogP contribution in [0.3, 0.4) is 0 Å². The third-order valence-corrected chi connectivity index (χ3v) is 0. The average molecular weight is 212 g/mol. The van der Waals surface area contributed by atoms with Gasteiger partial charge in [-0.15, -0.1) is 0 Å². The van der Waals surface area contributed by atoms with Gasteiger partial charge in [0, 0.05) is 17.1 Å². The first-order valence-electron chi connectivity index (χ1n) is 0.995. The number of hydrogen-bond donors (Lipinski definition) is 1. The van der Waals surface area contributed by atoms with Gasteiger partial charge >= 0.3 is 31.8 Å². The molecule has 0 atom stereocenters. The predicted molar refractivity (Wildman–Crippen MR) is 18.3 cm³/mol. The fourth-order valence-corrected chi connectivity index (χ4v) is 0. The van der Waals surface area contributed by atoms with Gasteiger partial charge in [-0.2, -0.15) is 0 Å². The van der Waals surface area contributed by atoms with E-state index in [4.69, 9.17) is 11.9 Å². The molecular formula is CH7AsFeNO3-. The van der Waals surface area contributed by atoms with E-state index in [0.717, 1.165) is 0 Å². The second-order valence-electron chi connectivity index (χ2n) is 0.771. The van der Waals surface area contributed by atoms with Crippen LogP contribution in [0.5, 0.6) is 0 Å². The van der Waals surface area contributed by atoms with Gasteiger partial charge in [-0.05, 0) is 0 Å². The summed E-state index contributed by atoms with van der Waals surface area (Å²) in [5, 5.41) is 0. The van der Waals surface area contributed by atoms with Crippen molar-refractivity contribution in [2.24, 2.45) is 0 Å². The van der Waals surface area contributed by atoms with Crippen molar-refractivity contribution in [1.29, 1.82) is 0 Å². The van der Waals surface area contributed by atoms with Crippen LogP contribution in [0.15, 0.2) is 0 Å². The zero-order valence-corrected chi connectivity index (χ0v) is 7.01. The summed E-state index contributed by atoms with van der Waals surface area (Å²) in [6, 6.07) is 0. The van der Waals surface area contributed by atoms with Crippen LogP contribution < -0.4 is 14.3 Å². The second-order valence-corrected chi connectivity index (χ2v) is 4.01. The molecular weight excluding hydrogens is 205 g/mol. The topological polar surface area (TPSA) is 99.7 Å². The molecule has 0 saturated heterocycles. The van der Waals surface area contributed by atoms with Crippen molar-refractivity contribution in [2.75, 3.05) is 0 Å². The van der Waals surface area contributed by atoms with Crippen molar-refractivity contribution in [3.05, 3.63) is 0 Å². The Balaban J connectivity index is -0.0000000800. The number of quaternary nitrogens is 1. The first kappa shape index (κ1) is 15.7. The first-order chi connectivity index (χ1) is 2.00. The Morgan fingerprint density at radius 3 is 1.43 bits per heavy atom. The van der Waals surface area contributed by atoms with Crippen LogP contribution >= 0.6 is 0 Å². The Morgan fingerprint density at radius 2 is 1.43 bits per heavy atom. The summed E-state index contributed by atoms with van der Waals surface area (Å²) >= 11 is -4.62. The smallest absolute Gasteiger partial charge is 0 e. The van der Waals surface area contributed by atoms with E-state index in [1.165, 1.54) is 0 Å². The third kappa shape index (κ3) is 266. The molecule has 4 nitrogen and oxygen atoms in total. The Hall–Kier alpha value is 0.758. The minimum absolute atomic E-state index is 0. The fraction of sp³-hybridized carbons (Fsp3) is 1.00. The molecule has 0 aromatic heterocycles. The molecule has 0 spiro atoms. The van der Waals surface area contributed by atoms with Crippen molar-refractivity contribution < 1.29 is 29.0 Å². The van der Waals surface area contributed by atoms with Gasteiger partial charge in [0.05, 0.1) is 0 Å².